The second-order valence-corrected chi connectivity index (χ2v) is 1.23. The SMILES string of the molecule is CNCC(C)=O.CS. The van der Waals surface area contributed by atoms with Crippen molar-refractivity contribution >= 4 is 18.4 Å². The van der Waals surface area contributed by atoms with Gasteiger partial charge in [0.1, 0.15) is 5.78 Å². The zero-order chi connectivity index (χ0) is 6.99. The lowest BCUT2D eigenvalue weighted by Crippen LogP contribution is -2.14. The van der Waals surface area contributed by atoms with E-state index in [2.05, 4.69) is 17.9 Å². The normalized spacial score (nSPS) is 7.00. The fourth-order valence-electron chi connectivity index (χ4n) is 0.249. The van der Waals surface area contributed by atoms with Crippen molar-refractivity contribution in [3.05, 3.63) is 0 Å². The summed E-state index contributed by atoms with van der Waals surface area (Å²) >= 11 is 3.53. The Morgan fingerprint density at radius 1 is 1.62 bits per heavy atom. The van der Waals surface area contributed by atoms with E-state index in [1.54, 1.807) is 20.2 Å². The lowest BCUT2D eigenvalue weighted by atomic mass is 10.5. The van der Waals surface area contributed by atoms with Gasteiger partial charge in [-0.05, 0) is 20.2 Å². The molecule has 3 heteroatoms. The minimum atomic E-state index is 0.178. The summed E-state index contributed by atoms with van der Waals surface area (Å²) in [5.74, 6) is 0.178. The van der Waals surface area contributed by atoms with Gasteiger partial charge in [0, 0.05) is 0 Å². The van der Waals surface area contributed by atoms with Crippen LogP contribution in [-0.2, 0) is 4.79 Å². The lowest BCUT2D eigenvalue weighted by Gasteiger charge is -1.85. The van der Waals surface area contributed by atoms with Crippen molar-refractivity contribution in [2.24, 2.45) is 0 Å². The highest BCUT2D eigenvalue weighted by atomic mass is 32.1. The maximum atomic E-state index is 9.98. The second kappa shape index (κ2) is 10.1. The van der Waals surface area contributed by atoms with Gasteiger partial charge >= 0.3 is 0 Å². The molecule has 2 nitrogen and oxygen atoms in total. The van der Waals surface area contributed by atoms with Crippen LogP contribution < -0.4 is 5.32 Å². The number of nitrogens with one attached hydrogen (secondary N) is 1. The van der Waals surface area contributed by atoms with E-state index in [0.717, 1.165) is 0 Å². The van der Waals surface area contributed by atoms with Crippen molar-refractivity contribution in [3.63, 3.8) is 0 Å². The largest absolute Gasteiger partial charge is 0.313 e. The first-order valence-corrected chi connectivity index (χ1v) is 3.25. The number of rotatable bonds is 2. The van der Waals surface area contributed by atoms with Crippen molar-refractivity contribution in [1.29, 1.82) is 0 Å². The molecule has 0 aromatic heterocycles. The molecule has 0 radical (unpaired) electrons. The summed E-state index contributed by atoms with van der Waals surface area (Å²) in [6.07, 6.45) is 1.69. The van der Waals surface area contributed by atoms with E-state index in [0.29, 0.717) is 6.54 Å². The number of hydrogen-bond donors (Lipinski definition) is 2. The Bertz CT molecular complexity index is 56.4. The molecule has 8 heavy (non-hydrogen) atoms. The number of thiol groups is 1. The summed E-state index contributed by atoms with van der Waals surface area (Å²) in [6.45, 7) is 2.04. The maximum Gasteiger partial charge on any atom is 0.143 e. The highest BCUT2D eigenvalue weighted by Crippen LogP contribution is 1.57. The van der Waals surface area contributed by atoms with Crippen LogP contribution in [0.1, 0.15) is 6.92 Å². The van der Waals surface area contributed by atoms with Crippen molar-refractivity contribution in [1.82, 2.24) is 5.32 Å². The van der Waals surface area contributed by atoms with Gasteiger partial charge in [-0.2, -0.15) is 12.6 Å². The minimum absolute atomic E-state index is 0.178. The van der Waals surface area contributed by atoms with Crippen molar-refractivity contribution in [2.75, 3.05) is 19.8 Å². The summed E-state index contributed by atoms with van der Waals surface area (Å²) in [5, 5.41) is 2.72. The zero-order valence-corrected chi connectivity index (χ0v) is 6.46. The van der Waals surface area contributed by atoms with Gasteiger partial charge in [0.05, 0.1) is 6.54 Å². The van der Waals surface area contributed by atoms with Crippen LogP contribution in [0.5, 0.6) is 0 Å². The minimum Gasteiger partial charge on any atom is -0.313 e. The average molecular weight is 135 g/mol. The van der Waals surface area contributed by atoms with Crippen LogP contribution in [0.3, 0.4) is 0 Å². The quantitative estimate of drug-likeness (QED) is 0.535. The number of ketones is 1. The standard InChI is InChI=1S/C4H9NO.CH4S/c1-4(6)3-5-2;1-2/h5H,3H2,1-2H3;2H,1H3. The Labute approximate surface area is 56.1 Å². The Kier molecular flexibility index (Phi) is 13.7. The molecule has 0 spiro atoms. The van der Waals surface area contributed by atoms with Crippen LogP contribution in [0.4, 0.5) is 0 Å². The Balaban J connectivity index is 0. The Morgan fingerprint density at radius 2 is 2.00 bits per heavy atom. The number of likely N-dealkylation sites (N-methyl/N-ethyl adjacent to an activating group) is 1. The van der Waals surface area contributed by atoms with Crippen LogP contribution in [0.2, 0.25) is 0 Å². The molecule has 0 heterocycles. The fourth-order valence-corrected chi connectivity index (χ4v) is 0.249. The van der Waals surface area contributed by atoms with Gasteiger partial charge in [0.15, 0.2) is 0 Å². The van der Waals surface area contributed by atoms with E-state index < -0.39 is 0 Å². The Morgan fingerprint density at radius 3 is 2.00 bits per heavy atom. The number of carbonyl (C=O) groups excluding carboxylic acids is 1. The number of carbonyl (C=O) groups is 1. The van der Waals surface area contributed by atoms with Crippen LogP contribution in [0, 0.1) is 0 Å². The predicted octanol–water partition coefficient (Wildman–Crippen LogP) is 0.341. The smallest absolute Gasteiger partial charge is 0.143 e. The molecule has 0 bridgehead atoms. The summed E-state index contributed by atoms with van der Waals surface area (Å²) in [4.78, 5) is 9.98. The molecule has 0 aliphatic rings. The molecule has 0 aromatic rings. The molecule has 0 atom stereocenters. The average Bonchev–Trinajstić information content (AvgIpc) is 1.72. The number of Topliss-reactive ketones (excluding diaryl/α,β-unsaturated/α-hetero) is 1. The third kappa shape index (κ3) is 16.7. The highest BCUT2D eigenvalue weighted by molar-refractivity contribution is 7.79. The van der Waals surface area contributed by atoms with Gasteiger partial charge in [-0.3, -0.25) is 4.79 Å². The monoisotopic (exact) mass is 135 g/mol. The summed E-state index contributed by atoms with van der Waals surface area (Å²) in [6, 6.07) is 0. The molecule has 0 aliphatic carbocycles. The molecule has 0 amide bonds. The first-order valence-electron chi connectivity index (χ1n) is 2.36. The van der Waals surface area contributed by atoms with Crippen molar-refractivity contribution < 1.29 is 4.79 Å². The van der Waals surface area contributed by atoms with E-state index in [4.69, 9.17) is 0 Å². The van der Waals surface area contributed by atoms with Gasteiger partial charge in [0.2, 0.25) is 0 Å². The van der Waals surface area contributed by atoms with Crippen molar-refractivity contribution in [2.45, 2.75) is 6.92 Å². The predicted molar refractivity (Wildman–Crippen MR) is 39.5 cm³/mol. The van der Waals surface area contributed by atoms with Crippen molar-refractivity contribution in [3.8, 4) is 0 Å². The van der Waals surface area contributed by atoms with E-state index in [9.17, 15) is 4.79 Å². The molecule has 0 fully saturated rings. The second-order valence-electron chi connectivity index (χ2n) is 1.23. The topological polar surface area (TPSA) is 29.1 Å². The first-order chi connectivity index (χ1) is 3.77. The molecule has 0 saturated carbocycles. The summed E-state index contributed by atoms with van der Waals surface area (Å²) in [7, 11) is 1.75. The molecular formula is C5H13NOS. The zero-order valence-electron chi connectivity index (χ0n) is 5.56. The molecule has 0 aromatic carbocycles. The van der Waals surface area contributed by atoms with Gasteiger partial charge < -0.3 is 5.32 Å². The molecular weight excluding hydrogens is 122 g/mol. The van der Waals surface area contributed by atoms with Crippen LogP contribution in [-0.4, -0.2) is 25.6 Å². The van der Waals surface area contributed by atoms with E-state index in [1.165, 1.54) is 0 Å². The first kappa shape index (κ1) is 10.9. The third-order valence-electron chi connectivity index (χ3n) is 0.426. The Hall–Kier alpha value is -0.0200. The van der Waals surface area contributed by atoms with E-state index >= 15 is 0 Å². The molecule has 1 N–H and O–H groups in total. The lowest BCUT2D eigenvalue weighted by molar-refractivity contribution is -0.116. The third-order valence-corrected chi connectivity index (χ3v) is 0.426. The molecule has 0 saturated heterocycles. The molecule has 0 aliphatic heterocycles. The van der Waals surface area contributed by atoms with Gasteiger partial charge in [-0.25, -0.2) is 0 Å². The summed E-state index contributed by atoms with van der Waals surface area (Å²) < 4.78 is 0. The van der Waals surface area contributed by atoms with Gasteiger partial charge in [0.25, 0.3) is 0 Å². The van der Waals surface area contributed by atoms with Crippen LogP contribution >= 0.6 is 12.6 Å². The van der Waals surface area contributed by atoms with Crippen LogP contribution in [0.25, 0.3) is 0 Å². The maximum absolute atomic E-state index is 9.98. The van der Waals surface area contributed by atoms with Gasteiger partial charge in [-0.15, -0.1) is 0 Å². The highest BCUT2D eigenvalue weighted by Gasteiger charge is 1.82. The number of hydrogen-bond acceptors (Lipinski definition) is 3. The van der Waals surface area contributed by atoms with Crippen LogP contribution in [0.15, 0.2) is 0 Å². The molecule has 0 unspecified atom stereocenters. The molecule has 0 rings (SSSR count). The summed E-state index contributed by atoms with van der Waals surface area (Å²) in [5.41, 5.74) is 0. The van der Waals surface area contributed by atoms with E-state index in [1.807, 2.05) is 0 Å². The van der Waals surface area contributed by atoms with Gasteiger partial charge in [-0.1, -0.05) is 0 Å². The van der Waals surface area contributed by atoms with E-state index in [-0.39, 0.29) is 5.78 Å². The fraction of sp³-hybridized carbons (Fsp3) is 0.800. The molecule has 50 valence electrons.